The fourth-order valence-electron chi connectivity index (χ4n) is 0.750. The van der Waals surface area contributed by atoms with E-state index in [9.17, 15) is 0 Å². The summed E-state index contributed by atoms with van der Waals surface area (Å²) in [6, 6.07) is 0. The average molecular weight is 146 g/mol. The molecule has 64 valence electrons. The van der Waals surface area contributed by atoms with Crippen LogP contribution in [0.15, 0.2) is 0 Å². The molecule has 0 spiro atoms. The molecule has 0 aromatic rings. The van der Waals surface area contributed by atoms with E-state index in [0.29, 0.717) is 6.54 Å². The second-order valence-electron chi connectivity index (χ2n) is 2.16. The standard InChI is InChI=1S/C6H15N.C2H6N/c1-4-7(5-2)6-3;1-2-3/h4-6H2,1-3H3;3H,2H2,1H3/q;-1/p+1. The van der Waals surface area contributed by atoms with Gasteiger partial charge in [0.25, 0.3) is 0 Å². The van der Waals surface area contributed by atoms with Crippen LogP contribution in [0.5, 0.6) is 0 Å². The number of rotatable bonds is 3. The third-order valence-electron chi connectivity index (χ3n) is 1.50. The second kappa shape index (κ2) is 11.7. The number of quaternary nitrogens is 1. The summed E-state index contributed by atoms with van der Waals surface area (Å²) in [6.07, 6.45) is 0. The lowest BCUT2D eigenvalue weighted by Crippen LogP contribution is -3.11. The van der Waals surface area contributed by atoms with Crippen molar-refractivity contribution in [1.29, 1.82) is 0 Å². The summed E-state index contributed by atoms with van der Waals surface area (Å²) in [4.78, 5) is 1.68. The predicted octanol–water partition coefficient (Wildman–Crippen LogP) is 0.989. The Hall–Kier alpha value is -0.0800. The van der Waals surface area contributed by atoms with Crippen LogP contribution in [0.4, 0.5) is 0 Å². The van der Waals surface area contributed by atoms with Crippen molar-refractivity contribution in [2.24, 2.45) is 0 Å². The molecule has 0 aliphatic carbocycles. The lowest BCUT2D eigenvalue weighted by atomic mass is 10.5. The van der Waals surface area contributed by atoms with Gasteiger partial charge in [-0.25, -0.2) is 0 Å². The van der Waals surface area contributed by atoms with E-state index in [1.54, 1.807) is 11.8 Å². The molecule has 0 saturated heterocycles. The molecule has 0 heterocycles. The Balaban J connectivity index is 0. The third-order valence-corrected chi connectivity index (χ3v) is 1.50. The van der Waals surface area contributed by atoms with Crippen LogP contribution in [-0.2, 0) is 0 Å². The van der Waals surface area contributed by atoms with E-state index in [1.807, 2.05) is 0 Å². The molecule has 0 saturated carbocycles. The fourth-order valence-corrected chi connectivity index (χ4v) is 0.750. The van der Waals surface area contributed by atoms with Crippen LogP contribution in [0, 0.1) is 0 Å². The van der Waals surface area contributed by atoms with Gasteiger partial charge < -0.3 is 10.6 Å². The maximum absolute atomic E-state index is 6.21. The van der Waals surface area contributed by atoms with Crippen LogP contribution in [-0.4, -0.2) is 26.2 Å². The Kier molecular flexibility index (Phi) is 14.7. The van der Waals surface area contributed by atoms with Crippen LogP contribution in [0.3, 0.4) is 0 Å². The SMILES string of the molecule is CC[NH+](CC)CC.CC[NH-]. The first-order valence-electron chi connectivity index (χ1n) is 4.24. The quantitative estimate of drug-likeness (QED) is 0.615. The van der Waals surface area contributed by atoms with Crippen molar-refractivity contribution < 1.29 is 4.90 Å². The minimum Gasteiger partial charge on any atom is -0.678 e. The van der Waals surface area contributed by atoms with E-state index in [4.69, 9.17) is 5.73 Å². The summed E-state index contributed by atoms with van der Waals surface area (Å²) in [6.45, 7) is 12.8. The van der Waals surface area contributed by atoms with Crippen LogP contribution in [0.25, 0.3) is 5.73 Å². The molecule has 2 heteroatoms. The summed E-state index contributed by atoms with van der Waals surface area (Å²) in [7, 11) is 0. The van der Waals surface area contributed by atoms with E-state index in [0.717, 1.165) is 0 Å². The largest absolute Gasteiger partial charge is 0.678 e. The maximum Gasteiger partial charge on any atom is 0.0742 e. The molecular weight excluding hydrogens is 124 g/mol. The van der Waals surface area contributed by atoms with Crippen LogP contribution in [0.1, 0.15) is 27.7 Å². The molecule has 0 bridgehead atoms. The first-order valence-corrected chi connectivity index (χ1v) is 4.24. The van der Waals surface area contributed by atoms with Gasteiger partial charge in [0, 0.05) is 0 Å². The summed E-state index contributed by atoms with van der Waals surface area (Å²) >= 11 is 0. The van der Waals surface area contributed by atoms with E-state index in [2.05, 4.69) is 20.8 Å². The topological polar surface area (TPSA) is 28.2 Å². The van der Waals surface area contributed by atoms with Crippen LogP contribution >= 0.6 is 0 Å². The second-order valence-corrected chi connectivity index (χ2v) is 2.16. The molecule has 0 aliphatic heterocycles. The van der Waals surface area contributed by atoms with Crippen molar-refractivity contribution >= 4 is 0 Å². The molecule has 2 nitrogen and oxygen atoms in total. The molecule has 0 atom stereocenters. The normalized spacial score (nSPS) is 9.00. The van der Waals surface area contributed by atoms with Gasteiger partial charge in [-0.2, -0.15) is 6.54 Å². The lowest BCUT2D eigenvalue weighted by molar-refractivity contribution is -0.894. The van der Waals surface area contributed by atoms with Gasteiger partial charge in [-0.1, -0.05) is 6.92 Å². The number of hydrogen-bond acceptors (Lipinski definition) is 0. The van der Waals surface area contributed by atoms with Gasteiger partial charge in [0.15, 0.2) is 0 Å². The molecule has 0 fully saturated rings. The molecule has 2 N–H and O–H groups in total. The third kappa shape index (κ3) is 10.8. The first-order chi connectivity index (χ1) is 4.76. The summed E-state index contributed by atoms with van der Waals surface area (Å²) in [5, 5.41) is 0. The summed E-state index contributed by atoms with van der Waals surface area (Å²) in [5.41, 5.74) is 6.21. The Morgan fingerprint density at radius 1 is 0.900 bits per heavy atom. The molecular formula is C8H22N2. The summed E-state index contributed by atoms with van der Waals surface area (Å²) < 4.78 is 0. The van der Waals surface area contributed by atoms with Gasteiger partial charge in [-0.3, -0.25) is 0 Å². The van der Waals surface area contributed by atoms with Crippen molar-refractivity contribution in [3.63, 3.8) is 0 Å². The van der Waals surface area contributed by atoms with E-state index >= 15 is 0 Å². The number of nitrogens with one attached hydrogen (secondary N) is 2. The Morgan fingerprint density at radius 2 is 1.10 bits per heavy atom. The van der Waals surface area contributed by atoms with Gasteiger partial charge in [0.05, 0.1) is 19.6 Å². The molecule has 10 heavy (non-hydrogen) atoms. The molecule has 0 radical (unpaired) electrons. The maximum atomic E-state index is 6.21. The highest BCUT2D eigenvalue weighted by molar-refractivity contribution is 4.33. The van der Waals surface area contributed by atoms with E-state index in [1.165, 1.54) is 19.6 Å². The highest BCUT2D eigenvalue weighted by Crippen LogP contribution is 1.45. The molecule has 0 aromatic carbocycles. The minimum absolute atomic E-state index is 0.500. The number of hydrogen-bond donors (Lipinski definition) is 1. The van der Waals surface area contributed by atoms with Gasteiger partial charge in [-0.15, -0.1) is 0 Å². The Morgan fingerprint density at radius 3 is 1.10 bits per heavy atom. The van der Waals surface area contributed by atoms with Crippen LogP contribution in [0.2, 0.25) is 0 Å². The van der Waals surface area contributed by atoms with Crippen molar-refractivity contribution in [3.05, 3.63) is 5.73 Å². The predicted molar refractivity (Wildman–Crippen MR) is 47.4 cm³/mol. The highest BCUT2D eigenvalue weighted by atomic mass is 15.1. The lowest BCUT2D eigenvalue weighted by Gasteiger charge is -2.10. The van der Waals surface area contributed by atoms with E-state index < -0.39 is 0 Å². The van der Waals surface area contributed by atoms with Crippen molar-refractivity contribution in [1.82, 2.24) is 0 Å². The molecule has 0 amide bonds. The zero-order valence-electron chi connectivity index (χ0n) is 7.83. The van der Waals surface area contributed by atoms with Crippen molar-refractivity contribution in [2.75, 3.05) is 26.2 Å². The Bertz CT molecular complexity index is 37.0. The first kappa shape index (κ1) is 12.6. The monoisotopic (exact) mass is 146 g/mol. The van der Waals surface area contributed by atoms with Crippen molar-refractivity contribution in [3.8, 4) is 0 Å². The Labute approximate surface area is 65.4 Å². The molecule has 0 rings (SSSR count). The summed E-state index contributed by atoms with van der Waals surface area (Å²) in [5.74, 6) is 0. The average Bonchev–Trinajstić information content (AvgIpc) is 1.93. The van der Waals surface area contributed by atoms with Gasteiger partial charge >= 0.3 is 0 Å². The fraction of sp³-hybridized carbons (Fsp3) is 1.00. The van der Waals surface area contributed by atoms with Gasteiger partial charge in [-0.05, 0) is 20.8 Å². The van der Waals surface area contributed by atoms with Gasteiger partial charge in [0.1, 0.15) is 0 Å². The smallest absolute Gasteiger partial charge is 0.0742 e. The van der Waals surface area contributed by atoms with Gasteiger partial charge in [0.2, 0.25) is 0 Å². The minimum atomic E-state index is 0.500. The zero-order valence-corrected chi connectivity index (χ0v) is 7.83. The molecule has 0 aliphatic rings. The van der Waals surface area contributed by atoms with Crippen LogP contribution < -0.4 is 4.90 Å². The van der Waals surface area contributed by atoms with Crippen molar-refractivity contribution in [2.45, 2.75) is 27.7 Å². The van der Waals surface area contributed by atoms with E-state index in [-0.39, 0.29) is 0 Å². The molecule has 0 aromatic heterocycles. The highest BCUT2D eigenvalue weighted by Gasteiger charge is 1.92. The zero-order chi connectivity index (χ0) is 8.41. The molecule has 0 unspecified atom stereocenters.